The summed E-state index contributed by atoms with van der Waals surface area (Å²) in [7, 11) is 0. The Morgan fingerprint density at radius 2 is 2.19 bits per heavy atom. The zero-order chi connectivity index (χ0) is 14.7. The minimum absolute atomic E-state index is 0.143. The van der Waals surface area contributed by atoms with Crippen LogP contribution in [0.4, 0.5) is 0 Å². The molecule has 2 N–H and O–H groups in total. The van der Waals surface area contributed by atoms with Gasteiger partial charge in [-0.2, -0.15) is 5.10 Å². The van der Waals surface area contributed by atoms with Gasteiger partial charge in [0.15, 0.2) is 0 Å². The van der Waals surface area contributed by atoms with Crippen LogP contribution >= 0.6 is 0 Å². The van der Waals surface area contributed by atoms with Crippen LogP contribution in [-0.2, 0) is 6.54 Å². The molecule has 0 atom stereocenters. The summed E-state index contributed by atoms with van der Waals surface area (Å²) in [6.07, 6.45) is 3.57. The summed E-state index contributed by atoms with van der Waals surface area (Å²) in [6, 6.07) is 9.60. The second-order valence-electron chi connectivity index (χ2n) is 4.51. The number of hydrogen-bond acceptors (Lipinski definition) is 4. The summed E-state index contributed by atoms with van der Waals surface area (Å²) < 4.78 is 1.76. The van der Waals surface area contributed by atoms with Gasteiger partial charge in [-0.25, -0.2) is 9.67 Å². The van der Waals surface area contributed by atoms with Crippen molar-refractivity contribution in [3.63, 3.8) is 0 Å². The number of nitrogens with one attached hydrogen (secondary N) is 2. The fraction of sp³-hybridized carbons (Fsp3) is 0.143. The standard InChI is InChI=1S/C14H14N6O/c1-10-17-13(19-18-10)14(21)15-9-11-5-2-3-6-12(11)20-8-4-7-16-20/h2-8H,9H2,1H3,(H,15,21)(H,17,18,19). The third-order valence-electron chi connectivity index (χ3n) is 2.98. The van der Waals surface area contributed by atoms with Crippen molar-refractivity contribution in [2.24, 2.45) is 0 Å². The Labute approximate surface area is 121 Å². The number of nitrogens with zero attached hydrogens (tertiary/aromatic N) is 4. The van der Waals surface area contributed by atoms with Gasteiger partial charge in [-0.15, -0.1) is 5.10 Å². The zero-order valence-corrected chi connectivity index (χ0v) is 11.4. The molecule has 7 heteroatoms. The summed E-state index contributed by atoms with van der Waals surface area (Å²) in [5.74, 6) is 0.441. The molecule has 0 spiro atoms. The molecule has 1 amide bonds. The Kier molecular flexibility index (Phi) is 3.46. The molecule has 0 aliphatic heterocycles. The van der Waals surface area contributed by atoms with Crippen LogP contribution in [0.15, 0.2) is 42.7 Å². The SMILES string of the molecule is Cc1nc(C(=O)NCc2ccccc2-n2cccn2)n[nH]1. The molecular weight excluding hydrogens is 268 g/mol. The van der Waals surface area contributed by atoms with Crippen molar-refractivity contribution in [3.8, 4) is 5.69 Å². The van der Waals surface area contributed by atoms with Crippen LogP contribution < -0.4 is 5.32 Å². The van der Waals surface area contributed by atoms with E-state index in [1.807, 2.05) is 36.5 Å². The first-order chi connectivity index (χ1) is 10.2. The zero-order valence-electron chi connectivity index (χ0n) is 11.4. The minimum Gasteiger partial charge on any atom is -0.345 e. The van der Waals surface area contributed by atoms with Crippen molar-refractivity contribution in [3.05, 3.63) is 59.9 Å². The van der Waals surface area contributed by atoms with E-state index in [0.717, 1.165) is 11.3 Å². The molecule has 106 valence electrons. The predicted octanol–water partition coefficient (Wildman–Crippen LogP) is 1.23. The van der Waals surface area contributed by atoms with E-state index in [9.17, 15) is 4.79 Å². The van der Waals surface area contributed by atoms with Gasteiger partial charge in [-0.05, 0) is 24.6 Å². The molecule has 0 radical (unpaired) electrons. The quantitative estimate of drug-likeness (QED) is 0.753. The summed E-state index contributed by atoms with van der Waals surface area (Å²) in [6.45, 7) is 2.12. The van der Waals surface area contributed by atoms with Crippen LogP contribution in [0.25, 0.3) is 5.69 Å². The number of amides is 1. The van der Waals surface area contributed by atoms with Gasteiger partial charge in [-0.1, -0.05) is 18.2 Å². The molecule has 2 heterocycles. The number of benzene rings is 1. The second kappa shape index (κ2) is 5.58. The highest BCUT2D eigenvalue weighted by Crippen LogP contribution is 2.13. The maximum Gasteiger partial charge on any atom is 0.291 e. The number of H-pyrrole nitrogens is 1. The van der Waals surface area contributed by atoms with Gasteiger partial charge < -0.3 is 5.32 Å². The summed E-state index contributed by atoms with van der Waals surface area (Å²) in [5.41, 5.74) is 1.88. The smallest absolute Gasteiger partial charge is 0.291 e. The van der Waals surface area contributed by atoms with Crippen LogP contribution in [0.2, 0.25) is 0 Å². The number of aromatic amines is 1. The van der Waals surface area contributed by atoms with Crippen molar-refractivity contribution in [2.75, 3.05) is 0 Å². The van der Waals surface area contributed by atoms with Gasteiger partial charge in [0.1, 0.15) is 5.82 Å². The first-order valence-corrected chi connectivity index (χ1v) is 6.49. The molecule has 0 unspecified atom stereocenters. The van der Waals surface area contributed by atoms with E-state index in [1.165, 1.54) is 0 Å². The maximum atomic E-state index is 12.0. The molecule has 0 saturated carbocycles. The minimum atomic E-state index is -0.311. The van der Waals surface area contributed by atoms with Gasteiger partial charge in [0.2, 0.25) is 5.82 Å². The number of rotatable bonds is 4. The highest BCUT2D eigenvalue weighted by atomic mass is 16.2. The van der Waals surface area contributed by atoms with Crippen LogP contribution in [0.3, 0.4) is 0 Å². The van der Waals surface area contributed by atoms with E-state index in [1.54, 1.807) is 17.8 Å². The summed E-state index contributed by atoms with van der Waals surface area (Å²) >= 11 is 0. The molecular formula is C14H14N6O. The normalized spacial score (nSPS) is 10.5. The van der Waals surface area contributed by atoms with E-state index in [-0.39, 0.29) is 11.7 Å². The average Bonchev–Trinajstić information content (AvgIpc) is 3.16. The van der Waals surface area contributed by atoms with Crippen LogP contribution in [0.1, 0.15) is 22.0 Å². The number of aromatic nitrogens is 5. The Balaban J connectivity index is 1.75. The molecule has 0 fully saturated rings. The monoisotopic (exact) mass is 282 g/mol. The maximum absolute atomic E-state index is 12.0. The van der Waals surface area contributed by atoms with E-state index in [4.69, 9.17) is 0 Å². The largest absolute Gasteiger partial charge is 0.345 e. The molecule has 3 aromatic rings. The van der Waals surface area contributed by atoms with Crippen LogP contribution in [0.5, 0.6) is 0 Å². The fourth-order valence-electron chi connectivity index (χ4n) is 1.99. The third kappa shape index (κ3) is 2.81. The Hall–Kier alpha value is -2.96. The van der Waals surface area contributed by atoms with E-state index < -0.39 is 0 Å². The van der Waals surface area contributed by atoms with E-state index >= 15 is 0 Å². The van der Waals surface area contributed by atoms with Gasteiger partial charge in [0, 0.05) is 18.9 Å². The Morgan fingerprint density at radius 1 is 1.33 bits per heavy atom. The first kappa shape index (κ1) is 13.0. The van der Waals surface area contributed by atoms with Gasteiger partial charge in [0.05, 0.1) is 5.69 Å². The molecule has 2 aromatic heterocycles. The molecule has 21 heavy (non-hydrogen) atoms. The van der Waals surface area contributed by atoms with Crippen molar-refractivity contribution >= 4 is 5.91 Å². The predicted molar refractivity (Wildman–Crippen MR) is 75.9 cm³/mol. The molecule has 0 bridgehead atoms. The van der Waals surface area contributed by atoms with Gasteiger partial charge >= 0.3 is 0 Å². The second-order valence-corrected chi connectivity index (χ2v) is 4.51. The first-order valence-electron chi connectivity index (χ1n) is 6.49. The third-order valence-corrected chi connectivity index (χ3v) is 2.98. The lowest BCUT2D eigenvalue weighted by atomic mass is 10.2. The molecule has 0 aliphatic rings. The van der Waals surface area contributed by atoms with Crippen LogP contribution in [0, 0.1) is 6.92 Å². The Morgan fingerprint density at radius 3 is 2.90 bits per heavy atom. The van der Waals surface area contributed by atoms with Crippen molar-refractivity contribution in [1.82, 2.24) is 30.3 Å². The molecule has 1 aromatic carbocycles. The van der Waals surface area contributed by atoms with Gasteiger partial charge in [-0.3, -0.25) is 9.89 Å². The Bertz CT molecular complexity index is 746. The lowest BCUT2D eigenvalue weighted by Crippen LogP contribution is -2.24. The van der Waals surface area contributed by atoms with E-state index in [0.29, 0.717) is 12.4 Å². The summed E-state index contributed by atoms with van der Waals surface area (Å²) in [4.78, 5) is 15.9. The van der Waals surface area contributed by atoms with Gasteiger partial charge in [0.25, 0.3) is 5.91 Å². The topological polar surface area (TPSA) is 88.5 Å². The molecule has 7 nitrogen and oxygen atoms in total. The molecule has 3 rings (SSSR count). The number of carbonyl (C=O) groups excluding carboxylic acids is 1. The van der Waals surface area contributed by atoms with Crippen LogP contribution in [-0.4, -0.2) is 30.9 Å². The molecule has 0 aliphatic carbocycles. The van der Waals surface area contributed by atoms with E-state index in [2.05, 4.69) is 25.6 Å². The molecule has 0 saturated heterocycles. The van der Waals surface area contributed by atoms with Crippen molar-refractivity contribution in [2.45, 2.75) is 13.5 Å². The number of aryl methyl sites for hydroxylation is 1. The average molecular weight is 282 g/mol. The number of para-hydroxylation sites is 1. The fourth-order valence-corrected chi connectivity index (χ4v) is 1.99. The number of hydrogen-bond donors (Lipinski definition) is 2. The lowest BCUT2D eigenvalue weighted by molar-refractivity contribution is 0.0941. The lowest BCUT2D eigenvalue weighted by Gasteiger charge is -2.09. The highest BCUT2D eigenvalue weighted by molar-refractivity contribution is 5.90. The van der Waals surface area contributed by atoms with Crippen molar-refractivity contribution in [1.29, 1.82) is 0 Å². The summed E-state index contributed by atoms with van der Waals surface area (Å²) in [5, 5.41) is 13.5. The van der Waals surface area contributed by atoms with Crippen molar-refractivity contribution < 1.29 is 4.79 Å². The highest BCUT2D eigenvalue weighted by Gasteiger charge is 2.12. The number of carbonyl (C=O) groups is 1.